The van der Waals surface area contributed by atoms with Crippen LogP contribution in [0.5, 0.6) is 11.5 Å². The lowest BCUT2D eigenvalue weighted by Gasteiger charge is -2.40. The third-order valence-electron chi connectivity index (χ3n) is 6.75. The summed E-state index contributed by atoms with van der Waals surface area (Å²) >= 11 is 8.19. The van der Waals surface area contributed by atoms with Crippen LogP contribution >= 0.6 is 23.4 Å². The molecule has 3 aromatic rings. The molecule has 10 heteroatoms. The Bertz CT molecular complexity index is 1390. The lowest BCUT2D eigenvalue weighted by atomic mass is 9.97. The van der Waals surface area contributed by atoms with E-state index in [1.807, 2.05) is 42.6 Å². The first kappa shape index (κ1) is 23.9. The standard InChI is InChI=1S/C27H25ClN6O2S/c28-20-4-5-21-24(13-20)37-15-19-2-1-7-31-25(19)26(21)34(27(32-16-29)33-10-8-30-9-11-33)14-18-3-6-22-23(12-18)36-17-35-22/h1-7,12-13,26,30H,8-11,14-15,17H2. The maximum absolute atomic E-state index is 9.81. The first-order valence-electron chi connectivity index (χ1n) is 12.1. The highest BCUT2D eigenvalue weighted by Gasteiger charge is 2.35. The summed E-state index contributed by atoms with van der Waals surface area (Å²) in [6, 6.07) is 15.8. The molecule has 0 radical (unpaired) electrons. The van der Waals surface area contributed by atoms with Crippen molar-refractivity contribution < 1.29 is 9.47 Å². The zero-order valence-corrected chi connectivity index (χ0v) is 21.6. The van der Waals surface area contributed by atoms with Crippen LogP contribution in [0.3, 0.4) is 0 Å². The molecule has 0 bridgehead atoms. The first-order valence-corrected chi connectivity index (χ1v) is 13.5. The van der Waals surface area contributed by atoms with Gasteiger partial charge in [-0.3, -0.25) is 4.98 Å². The highest BCUT2D eigenvalue weighted by atomic mass is 35.5. The van der Waals surface area contributed by atoms with Gasteiger partial charge in [-0.15, -0.1) is 16.8 Å². The summed E-state index contributed by atoms with van der Waals surface area (Å²) in [5.41, 5.74) is 4.22. The second-order valence-corrected chi connectivity index (χ2v) is 10.4. The Balaban J connectivity index is 1.52. The predicted molar refractivity (Wildman–Crippen MR) is 143 cm³/mol. The number of aromatic nitrogens is 1. The van der Waals surface area contributed by atoms with Gasteiger partial charge in [-0.05, 0) is 47.0 Å². The molecule has 0 saturated carbocycles. The van der Waals surface area contributed by atoms with Gasteiger partial charge in [-0.25, -0.2) is 0 Å². The second-order valence-electron chi connectivity index (χ2n) is 8.99. The number of nitrogens with zero attached hydrogens (tertiary/aromatic N) is 5. The van der Waals surface area contributed by atoms with Crippen molar-refractivity contribution in [2.24, 2.45) is 4.99 Å². The summed E-state index contributed by atoms with van der Waals surface area (Å²) in [4.78, 5) is 14.8. The molecule has 4 heterocycles. The van der Waals surface area contributed by atoms with Crippen molar-refractivity contribution in [3.8, 4) is 17.7 Å². The Hall–Kier alpha value is -3.45. The molecule has 0 aliphatic carbocycles. The summed E-state index contributed by atoms with van der Waals surface area (Å²) in [5, 5.41) is 13.9. The molecule has 0 spiro atoms. The molecule has 3 aliphatic rings. The fourth-order valence-corrected chi connectivity index (χ4v) is 6.38. The molecular formula is C27H25ClN6O2S. The van der Waals surface area contributed by atoms with E-state index in [0.717, 1.165) is 70.7 Å². The average molecular weight is 533 g/mol. The largest absolute Gasteiger partial charge is 0.454 e. The predicted octanol–water partition coefficient (Wildman–Crippen LogP) is 4.40. The summed E-state index contributed by atoms with van der Waals surface area (Å²) in [7, 11) is 0. The molecule has 1 fully saturated rings. The van der Waals surface area contributed by atoms with Crippen LogP contribution < -0.4 is 14.8 Å². The summed E-state index contributed by atoms with van der Waals surface area (Å²) in [6.07, 6.45) is 3.91. The highest BCUT2D eigenvalue weighted by Crippen LogP contribution is 2.43. The van der Waals surface area contributed by atoms with E-state index in [9.17, 15) is 5.26 Å². The molecule has 2 aromatic carbocycles. The summed E-state index contributed by atoms with van der Waals surface area (Å²) in [5.74, 6) is 2.88. The third kappa shape index (κ3) is 4.80. The zero-order valence-electron chi connectivity index (χ0n) is 20.1. The molecule has 1 aromatic heterocycles. The van der Waals surface area contributed by atoms with Crippen LogP contribution in [0, 0.1) is 11.5 Å². The van der Waals surface area contributed by atoms with E-state index in [1.165, 1.54) is 0 Å². The fraction of sp³-hybridized carbons (Fsp3) is 0.296. The van der Waals surface area contributed by atoms with Gasteiger partial charge in [-0.2, -0.15) is 5.26 Å². The van der Waals surface area contributed by atoms with Gasteiger partial charge in [0.1, 0.15) is 6.04 Å². The average Bonchev–Trinajstić information content (AvgIpc) is 3.34. The van der Waals surface area contributed by atoms with Crippen molar-refractivity contribution >= 4 is 29.3 Å². The van der Waals surface area contributed by atoms with Gasteiger partial charge in [0.05, 0.1) is 5.69 Å². The molecule has 1 atom stereocenters. The molecule has 37 heavy (non-hydrogen) atoms. The minimum absolute atomic E-state index is 0.218. The number of hydrogen-bond acceptors (Lipinski definition) is 7. The Kier molecular flexibility index (Phi) is 6.79. The van der Waals surface area contributed by atoms with Gasteiger partial charge in [0.15, 0.2) is 11.5 Å². The molecule has 188 valence electrons. The van der Waals surface area contributed by atoms with E-state index in [1.54, 1.807) is 11.8 Å². The third-order valence-corrected chi connectivity index (χ3v) is 8.10. The second kappa shape index (κ2) is 10.5. The van der Waals surface area contributed by atoms with Crippen LogP contribution in [-0.4, -0.2) is 53.7 Å². The van der Waals surface area contributed by atoms with Gasteiger partial charge in [0, 0.05) is 54.6 Å². The maximum atomic E-state index is 9.81. The zero-order chi connectivity index (χ0) is 25.2. The van der Waals surface area contributed by atoms with E-state index in [4.69, 9.17) is 26.1 Å². The lowest BCUT2D eigenvalue weighted by Crippen LogP contribution is -2.53. The Morgan fingerprint density at radius 3 is 2.92 bits per heavy atom. The number of piperazine rings is 1. The van der Waals surface area contributed by atoms with Gasteiger partial charge in [0.25, 0.3) is 0 Å². The number of thioether (sulfide) groups is 1. The van der Waals surface area contributed by atoms with E-state index < -0.39 is 0 Å². The minimum atomic E-state index is -0.272. The smallest absolute Gasteiger partial charge is 0.231 e. The van der Waals surface area contributed by atoms with Crippen LogP contribution in [0.15, 0.2) is 64.6 Å². The van der Waals surface area contributed by atoms with Crippen LogP contribution in [0.1, 0.15) is 28.4 Å². The number of nitriles is 1. The molecule has 3 aliphatic heterocycles. The summed E-state index contributed by atoms with van der Waals surface area (Å²) < 4.78 is 11.2. The van der Waals surface area contributed by atoms with Gasteiger partial charge < -0.3 is 24.6 Å². The quantitative estimate of drug-likeness (QED) is 0.302. The molecule has 6 rings (SSSR count). The van der Waals surface area contributed by atoms with Gasteiger partial charge in [0.2, 0.25) is 18.9 Å². The van der Waals surface area contributed by atoms with Gasteiger partial charge >= 0.3 is 0 Å². The SMILES string of the molecule is N#CN=C(N1CCNCC1)N(Cc1ccc2c(c1)OCO2)C1c2ccc(Cl)cc2SCc2cccnc21. The Labute approximate surface area is 224 Å². The number of benzene rings is 2. The van der Waals surface area contributed by atoms with Crippen LogP contribution in [0.2, 0.25) is 5.02 Å². The topological polar surface area (TPSA) is 86.0 Å². The van der Waals surface area contributed by atoms with E-state index >= 15 is 0 Å². The Morgan fingerprint density at radius 2 is 2.05 bits per heavy atom. The van der Waals surface area contributed by atoms with E-state index in [0.29, 0.717) is 17.5 Å². The number of rotatable bonds is 3. The number of halogens is 1. The highest BCUT2D eigenvalue weighted by molar-refractivity contribution is 7.98. The number of hydrogen-bond donors (Lipinski definition) is 1. The number of aliphatic imine (C=N–C) groups is 1. The summed E-state index contributed by atoms with van der Waals surface area (Å²) in [6.45, 7) is 3.86. The molecule has 8 nitrogen and oxygen atoms in total. The number of fused-ring (bicyclic) bond motifs is 3. The van der Waals surface area contributed by atoms with Crippen molar-refractivity contribution in [2.45, 2.75) is 23.2 Å². The lowest BCUT2D eigenvalue weighted by molar-refractivity contribution is 0.174. The molecule has 1 saturated heterocycles. The molecule has 1 unspecified atom stereocenters. The van der Waals surface area contributed by atoms with Crippen molar-refractivity contribution in [3.05, 3.63) is 82.1 Å². The van der Waals surface area contributed by atoms with Crippen LogP contribution in [-0.2, 0) is 12.3 Å². The van der Waals surface area contributed by atoms with E-state index in [-0.39, 0.29) is 12.8 Å². The number of pyridine rings is 1. The minimum Gasteiger partial charge on any atom is -0.454 e. The molecular weight excluding hydrogens is 508 g/mol. The number of nitrogens with one attached hydrogen (secondary N) is 1. The number of guanidine groups is 1. The van der Waals surface area contributed by atoms with Crippen molar-refractivity contribution in [1.29, 1.82) is 5.26 Å². The monoisotopic (exact) mass is 532 g/mol. The van der Waals surface area contributed by atoms with Crippen molar-refractivity contribution in [2.75, 3.05) is 33.0 Å². The normalized spacial score (nSPS) is 18.4. The molecule has 1 N–H and O–H groups in total. The Morgan fingerprint density at radius 1 is 1.19 bits per heavy atom. The van der Waals surface area contributed by atoms with Crippen molar-refractivity contribution in [3.63, 3.8) is 0 Å². The van der Waals surface area contributed by atoms with Gasteiger partial charge in [-0.1, -0.05) is 29.8 Å². The maximum Gasteiger partial charge on any atom is 0.231 e. The fourth-order valence-electron chi connectivity index (χ4n) is 5.04. The van der Waals surface area contributed by atoms with Crippen LogP contribution in [0.4, 0.5) is 0 Å². The van der Waals surface area contributed by atoms with Crippen molar-refractivity contribution in [1.82, 2.24) is 20.1 Å². The van der Waals surface area contributed by atoms with E-state index in [2.05, 4.69) is 38.4 Å². The van der Waals surface area contributed by atoms with Crippen LogP contribution in [0.25, 0.3) is 0 Å². The number of ether oxygens (including phenoxy) is 2. The first-order chi connectivity index (χ1) is 18.2. The molecule has 0 amide bonds.